The van der Waals surface area contributed by atoms with Crippen molar-refractivity contribution in [3.8, 4) is 0 Å². The van der Waals surface area contributed by atoms with Crippen molar-refractivity contribution in [2.24, 2.45) is 0 Å². The molecule has 1 heterocycles. The Morgan fingerprint density at radius 1 is 0.964 bits per heavy atom. The summed E-state index contributed by atoms with van der Waals surface area (Å²) in [6, 6.07) is 10.7. The minimum Gasteiger partial charge on any atom is -0.318 e. The summed E-state index contributed by atoms with van der Waals surface area (Å²) in [6.07, 6.45) is -3.50. The van der Waals surface area contributed by atoms with Crippen molar-refractivity contribution in [2.45, 2.75) is 19.0 Å². The maximum absolute atomic E-state index is 13.0. The molecule has 0 radical (unpaired) electrons. The van der Waals surface area contributed by atoms with Gasteiger partial charge in [-0.1, -0.05) is 18.2 Å². The first-order valence-corrected chi connectivity index (χ1v) is 8.45. The highest BCUT2D eigenvalue weighted by molar-refractivity contribution is 6.43. The molecule has 0 aliphatic carbocycles. The van der Waals surface area contributed by atoms with E-state index in [9.17, 15) is 27.6 Å². The molecule has 6 nitrogen and oxygen atoms in total. The molecule has 1 aliphatic heterocycles. The van der Waals surface area contributed by atoms with Gasteiger partial charge in [0.2, 0.25) is 5.91 Å². The van der Waals surface area contributed by atoms with Gasteiger partial charge in [0, 0.05) is 24.3 Å². The Hall–Kier alpha value is -3.36. The first kappa shape index (κ1) is 19.4. The summed E-state index contributed by atoms with van der Waals surface area (Å²) >= 11 is 0. The van der Waals surface area contributed by atoms with Crippen LogP contribution in [0.3, 0.4) is 0 Å². The van der Waals surface area contributed by atoms with Crippen LogP contribution in [0.25, 0.3) is 0 Å². The lowest BCUT2D eigenvalue weighted by molar-refractivity contribution is -0.137. The molecule has 2 aromatic rings. The van der Waals surface area contributed by atoms with Crippen LogP contribution in [0.2, 0.25) is 0 Å². The van der Waals surface area contributed by atoms with E-state index < -0.39 is 29.2 Å². The van der Waals surface area contributed by atoms with Gasteiger partial charge in [0.05, 0.1) is 11.3 Å². The van der Waals surface area contributed by atoms with E-state index in [2.05, 4.69) is 5.32 Å². The molecule has 28 heavy (non-hydrogen) atoms. The Morgan fingerprint density at radius 3 is 2.36 bits per heavy atom. The summed E-state index contributed by atoms with van der Waals surface area (Å²) in [6.45, 7) is 0.560. The predicted octanol–water partition coefficient (Wildman–Crippen LogP) is 3.41. The number of nitrogens with zero attached hydrogens (tertiary/aromatic N) is 1. The second-order valence-corrected chi connectivity index (χ2v) is 6.15. The number of anilines is 3. The third-order valence-electron chi connectivity index (χ3n) is 4.18. The van der Waals surface area contributed by atoms with E-state index in [1.807, 2.05) is 5.32 Å². The zero-order valence-corrected chi connectivity index (χ0v) is 14.5. The van der Waals surface area contributed by atoms with Crippen molar-refractivity contribution in [3.05, 3.63) is 54.1 Å². The van der Waals surface area contributed by atoms with Crippen LogP contribution in [0.1, 0.15) is 18.4 Å². The number of carbonyl (C=O) groups excluding carboxylic acids is 3. The number of carbonyl (C=O) groups is 3. The van der Waals surface area contributed by atoms with Crippen molar-refractivity contribution < 1.29 is 27.6 Å². The molecule has 146 valence electrons. The zero-order chi connectivity index (χ0) is 20.3. The minimum absolute atomic E-state index is 0.0371. The Morgan fingerprint density at radius 2 is 1.68 bits per heavy atom. The van der Waals surface area contributed by atoms with E-state index in [1.165, 1.54) is 24.3 Å². The number of alkyl halides is 3. The van der Waals surface area contributed by atoms with Crippen LogP contribution in [-0.2, 0) is 20.6 Å². The highest BCUT2D eigenvalue weighted by Crippen LogP contribution is 2.34. The monoisotopic (exact) mass is 391 g/mol. The van der Waals surface area contributed by atoms with Gasteiger partial charge in [-0.15, -0.1) is 0 Å². The van der Waals surface area contributed by atoms with Crippen LogP contribution < -0.4 is 15.5 Å². The molecule has 1 aliphatic rings. The van der Waals surface area contributed by atoms with Gasteiger partial charge in [0.1, 0.15) is 0 Å². The number of hydrogen-bond donors (Lipinski definition) is 2. The van der Waals surface area contributed by atoms with E-state index >= 15 is 0 Å². The molecule has 0 saturated carbocycles. The fourth-order valence-corrected chi connectivity index (χ4v) is 2.88. The predicted molar refractivity (Wildman–Crippen MR) is 96.7 cm³/mol. The molecule has 0 unspecified atom stereocenters. The average Bonchev–Trinajstić information content (AvgIpc) is 3.07. The molecule has 0 aromatic heterocycles. The lowest BCUT2D eigenvalue weighted by Gasteiger charge is -2.17. The SMILES string of the molecule is O=C(Nc1cccc(N2CCCC2=O)c1)C(=O)Nc1ccccc1C(F)(F)F. The summed E-state index contributed by atoms with van der Waals surface area (Å²) in [7, 11) is 0. The van der Waals surface area contributed by atoms with E-state index in [0.717, 1.165) is 18.6 Å². The van der Waals surface area contributed by atoms with Gasteiger partial charge in [0.25, 0.3) is 0 Å². The second kappa shape index (κ2) is 7.71. The third-order valence-corrected chi connectivity index (χ3v) is 4.18. The highest BCUT2D eigenvalue weighted by atomic mass is 19.4. The standard InChI is InChI=1S/C19H16F3N3O3/c20-19(21,22)14-7-1-2-8-15(14)24-18(28)17(27)23-12-5-3-6-13(11-12)25-10-4-9-16(25)26/h1-3,5-8,11H,4,9-10H2,(H,23,27)(H,24,28). The average molecular weight is 391 g/mol. The topological polar surface area (TPSA) is 78.5 Å². The van der Waals surface area contributed by atoms with Gasteiger partial charge >= 0.3 is 18.0 Å². The van der Waals surface area contributed by atoms with Crippen LogP contribution in [0, 0.1) is 0 Å². The number of halogens is 3. The fourth-order valence-electron chi connectivity index (χ4n) is 2.88. The first-order chi connectivity index (χ1) is 13.3. The van der Waals surface area contributed by atoms with Crippen molar-refractivity contribution in [2.75, 3.05) is 22.1 Å². The molecule has 0 spiro atoms. The zero-order valence-electron chi connectivity index (χ0n) is 14.5. The van der Waals surface area contributed by atoms with Gasteiger partial charge in [-0.25, -0.2) is 0 Å². The van der Waals surface area contributed by atoms with Gasteiger partial charge in [-0.05, 0) is 36.8 Å². The van der Waals surface area contributed by atoms with Crippen LogP contribution in [-0.4, -0.2) is 24.3 Å². The summed E-state index contributed by atoms with van der Waals surface area (Å²) in [4.78, 5) is 37.5. The number of amides is 3. The largest absolute Gasteiger partial charge is 0.418 e. The molecule has 2 aromatic carbocycles. The van der Waals surface area contributed by atoms with E-state index in [1.54, 1.807) is 17.0 Å². The number of hydrogen-bond acceptors (Lipinski definition) is 3. The second-order valence-electron chi connectivity index (χ2n) is 6.15. The Kier molecular flexibility index (Phi) is 5.34. The summed E-state index contributed by atoms with van der Waals surface area (Å²) in [5.74, 6) is -2.40. The Labute approximate surface area is 158 Å². The fraction of sp³-hybridized carbons (Fsp3) is 0.211. The quantitative estimate of drug-likeness (QED) is 0.787. The maximum atomic E-state index is 13.0. The molecule has 0 bridgehead atoms. The molecule has 1 fully saturated rings. The number of rotatable bonds is 3. The first-order valence-electron chi connectivity index (χ1n) is 8.45. The number of nitrogens with one attached hydrogen (secondary N) is 2. The Bertz CT molecular complexity index is 928. The molecule has 9 heteroatoms. The maximum Gasteiger partial charge on any atom is 0.418 e. The van der Waals surface area contributed by atoms with Gasteiger partial charge < -0.3 is 15.5 Å². The van der Waals surface area contributed by atoms with Crippen LogP contribution in [0.15, 0.2) is 48.5 Å². The molecular formula is C19H16F3N3O3. The van der Waals surface area contributed by atoms with Crippen molar-refractivity contribution in [3.63, 3.8) is 0 Å². The molecule has 3 amide bonds. The smallest absolute Gasteiger partial charge is 0.318 e. The van der Waals surface area contributed by atoms with E-state index in [4.69, 9.17) is 0 Å². The molecule has 2 N–H and O–H groups in total. The lowest BCUT2D eigenvalue weighted by Crippen LogP contribution is -2.30. The lowest BCUT2D eigenvalue weighted by atomic mass is 10.1. The van der Waals surface area contributed by atoms with Gasteiger partial charge in [-0.2, -0.15) is 13.2 Å². The van der Waals surface area contributed by atoms with Crippen LogP contribution in [0.4, 0.5) is 30.2 Å². The minimum atomic E-state index is -4.67. The van der Waals surface area contributed by atoms with Crippen LogP contribution >= 0.6 is 0 Å². The molecule has 3 rings (SSSR count). The highest BCUT2D eigenvalue weighted by Gasteiger charge is 2.34. The molecule has 0 atom stereocenters. The molecule has 1 saturated heterocycles. The van der Waals surface area contributed by atoms with Gasteiger partial charge in [0.15, 0.2) is 0 Å². The number of benzene rings is 2. The summed E-state index contributed by atoms with van der Waals surface area (Å²) in [5, 5.41) is 4.31. The number of para-hydroxylation sites is 1. The van der Waals surface area contributed by atoms with Crippen molar-refractivity contribution >= 4 is 34.8 Å². The van der Waals surface area contributed by atoms with Crippen molar-refractivity contribution in [1.29, 1.82) is 0 Å². The van der Waals surface area contributed by atoms with Crippen LogP contribution in [0.5, 0.6) is 0 Å². The third kappa shape index (κ3) is 4.30. The van der Waals surface area contributed by atoms with E-state index in [-0.39, 0.29) is 11.6 Å². The normalized spacial score (nSPS) is 14.1. The summed E-state index contributed by atoms with van der Waals surface area (Å²) < 4.78 is 39.0. The molecular weight excluding hydrogens is 375 g/mol. The van der Waals surface area contributed by atoms with Crippen molar-refractivity contribution in [1.82, 2.24) is 0 Å². The summed E-state index contributed by atoms with van der Waals surface area (Å²) in [5.41, 5.74) is -0.734. The Balaban J connectivity index is 1.70. The van der Waals surface area contributed by atoms with Gasteiger partial charge in [-0.3, -0.25) is 14.4 Å². The van der Waals surface area contributed by atoms with E-state index in [0.29, 0.717) is 18.7 Å².